The molecule has 0 aromatic carbocycles. The van der Waals surface area contributed by atoms with Gasteiger partial charge in [0.05, 0.1) is 24.4 Å². The second kappa shape index (κ2) is 6.96. The second-order valence-electron chi connectivity index (χ2n) is 7.06. The average molecular weight is 349 g/mol. The summed E-state index contributed by atoms with van der Waals surface area (Å²) in [5.74, 6) is 0.236. The molecule has 4 rings (SSSR count). The number of aromatic nitrogens is 4. The topological polar surface area (TPSA) is 63.9 Å². The van der Waals surface area contributed by atoms with Gasteiger partial charge in [0.2, 0.25) is 0 Å². The molecule has 1 aliphatic heterocycles. The maximum Gasteiger partial charge on any atom is 0.155 e. The Hall–Kier alpha value is -2.60. The fourth-order valence-corrected chi connectivity index (χ4v) is 3.55. The highest BCUT2D eigenvalue weighted by molar-refractivity contribution is 5.88. The van der Waals surface area contributed by atoms with Crippen LogP contribution in [-0.4, -0.2) is 49.6 Å². The molecule has 6 nitrogen and oxygen atoms in total. The van der Waals surface area contributed by atoms with Crippen LogP contribution < -0.4 is 0 Å². The largest absolute Gasteiger partial charge is 0.298 e. The Morgan fingerprint density at radius 1 is 1.12 bits per heavy atom. The van der Waals surface area contributed by atoms with E-state index in [1.807, 2.05) is 38.5 Å². The van der Waals surface area contributed by atoms with Crippen LogP contribution in [0.1, 0.15) is 25.5 Å². The van der Waals surface area contributed by atoms with Crippen LogP contribution >= 0.6 is 0 Å². The summed E-state index contributed by atoms with van der Waals surface area (Å²) in [5.41, 5.74) is 2.67. The van der Waals surface area contributed by atoms with Crippen molar-refractivity contribution < 1.29 is 4.79 Å². The van der Waals surface area contributed by atoms with Crippen molar-refractivity contribution in [1.82, 2.24) is 24.6 Å². The second-order valence-corrected chi connectivity index (χ2v) is 7.06. The third-order valence-corrected chi connectivity index (χ3v) is 5.17. The van der Waals surface area contributed by atoms with Gasteiger partial charge < -0.3 is 0 Å². The van der Waals surface area contributed by atoms with E-state index in [0.29, 0.717) is 6.42 Å². The summed E-state index contributed by atoms with van der Waals surface area (Å²) >= 11 is 0. The summed E-state index contributed by atoms with van der Waals surface area (Å²) in [6.07, 6.45) is 10.1. The Morgan fingerprint density at radius 2 is 1.88 bits per heavy atom. The Morgan fingerprint density at radius 3 is 2.62 bits per heavy atom. The van der Waals surface area contributed by atoms with Crippen LogP contribution in [0.2, 0.25) is 0 Å². The summed E-state index contributed by atoms with van der Waals surface area (Å²) < 4.78 is 1.76. The van der Waals surface area contributed by atoms with Crippen molar-refractivity contribution in [3.8, 4) is 11.3 Å². The molecular weight excluding hydrogens is 326 g/mol. The van der Waals surface area contributed by atoms with E-state index in [4.69, 9.17) is 0 Å². The zero-order valence-corrected chi connectivity index (χ0v) is 15.2. The molecule has 0 spiro atoms. The van der Waals surface area contributed by atoms with Crippen molar-refractivity contribution in [3.05, 3.63) is 42.6 Å². The van der Waals surface area contributed by atoms with E-state index in [9.17, 15) is 4.79 Å². The van der Waals surface area contributed by atoms with Gasteiger partial charge in [-0.1, -0.05) is 0 Å². The zero-order chi connectivity index (χ0) is 18.1. The Kier molecular flexibility index (Phi) is 4.51. The number of carbonyl (C=O) groups excluding carboxylic acids is 1. The first-order chi connectivity index (χ1) is 12.6. The van der Waals surface area contributed by atoms with Crippen molar-refractivity contribution in [2.75, 3.05) is 13.1 Å². The Labute approximate surface area is 152 Å². The van der Waals surface area contributed by atoms with E-state index in [1.165, 1.54) is 12.8 Å². The predicted octanol–water partition coefficient (Wildman–Crippen LogP) is 2.63. The Balaban J connectivity index is 1.57. The molecule has 1 unspecified atom stereocenters. The van der Waals surface area contributed by atoms with Crippen molar-refractivity contribution in [3.63, 3.8) is 0 Å². The number of aryl methyl sites for hydroxylation is 1. The Bertz CT molecular complexity index is 942. The highest BCUT2D eigenvalue weighted by atomic mass is 16.1. The number of hydrogen-bond donors (Lipinski definition) is 0. The van der Waals surface area contributed by atoms with Gasteiger partial charge in [0.25, 0.3) is 0 Å². The van der Waals surface area contributed by atoms with Gasteiger partial charge in [0.15, 0.2) is 5.78 Å². The van der Waals surface area contributed by atoms with Gasteiger partial charge in [-0.2, -0.15) is 5.10 Å². The number of fused-ring (bicyclic) bond motifs is 1. The molecule has 6 heteroatoms. The molecule has 4 heterocycles. The molecule has 1 fully saturated rings. The number of ketones is 1. The van der Waals surface area contributed by atoms with Crippen molar-refractivity contribution in [2.45, 2.75) is 32.2 Å². The van der Waals surface area contributed by atoms with E-state index in [2.05, 4.69) is 20.0 Å². The van der Waals surface area contributed by atoms with Crippen LogP contribution in [0, 0.1) is 0 Å². The molecule has 0 aliphatic carbocycles. The van der Waals surface area contributed by atoms with Crippen LogP contribution in [0.3, 0.4) is 0 Å². The van der Waals surface area contributed by atoms with Crippen molar-refractivity contribution in [2.24, 2.45) is 7.05 Å². The van der Waals surface area contributed by atoms with Gasteiger partial charge >= 0.3 is 0 Å². The maximum absolute atomic E-state index is 12.6. The van der Waals surface area contributed by atoms with Crippen LogP contribution in [0.15, 0.2) is 36.9 Å². The lowest BCUT2D eigenvalue weighted by Crippen LogP contribution is -2.37. The van der Waals surface area contributed by atoms with Gasteiger partial charge in [-0.05, 0) is 50.4 Å². The van der Waals surface area contributed by atoms with E-state index in [1.54, 1.807) is 17.1 Å². The van der Waals surface area contributed by atoms with E-state index < -0.39 is 0 Å². The first-order valence-electron chi connectivity index (χ1n) is 9.10. The zero-order valence-electron chi connectivity index (χ0n) is 15.2. The lowest BCUT2D eigenvalue weighted by molar-refractivity contribution is -0.122. The van der Waals surface area contributed by atoms with E-state index in [0.717, 1.165) is 40.8 Å². The molecule has 0 bridgehead atoms. The average Bonchev–Trinajstić information content (AvgIpc) is 3.32. The summed E-state index contributed by atoms with van der Waals surface area (Å²) in [6.45, 7) is 4.07. The minimum atomic E-state index is -0.0293. The monoisotopic (exact) mass is 349 g/mol. The highest BCUT2D eigenvalue weighted by Gasteiger charge is 2.24. The number of hydrogen-bond acceptors (Lipinski definition) is 5. The fraction of sp³-hybridized carbons (Fsp3) is 0.400. The van der Waals surface area contributed by atoms with E-state index in [-0.39, 0.29) is 11.8 Å². The standard InChI is InChI=1S/C20H23N5O/c1-14(25-5-3-4-6-25)20(26)9-18-7-15-8-19(17-12-23-24(2)13-17)22-11-16(15)10-21-18/h7-8,10-14H,3-6,9H2,1-2H3. The third kappa shape index (κ3) is 3.37. The van der Waals surface area contributed by atoms with Gasteiger partial charge in [-0.3, -0.25) is 24.3 Å². The van der Waals surface area contributed by atoms with Crippen LogP contribution in [0.25, 0.3) is 22.0 Å². The minimum absolute atomic E-state index is 0.0293. The molecule has 1 atom stereocenters. The SMILES string of the molecule is CC(C(=O)Cc1cc2cc(-c3cnn(C)c3)ncc2cn1)N1CCCC1. The lowest BCUT2D eigenvalue weighted by Gasteiger charge is -2.22. The van der Waals surface area contributed by atoms with E-state index >= 15 is 0 Å². The number of nitrogens with zero attached hydrogens (tertiary/aromatic N) is 5. The molecule has 1 aliphatic rings. The van der Waals surface area contributed by atoms with Crippen molar-refractivity contribution >= 4 is 16.6 Å². The first-order valence-corrected chi connectivity index (χ1v) is 9.10. The number of carbonyl (C=O) groups is 1. The molecular formula is C20H23N5O. The summed E-state index contributed by atoms with van der Waals surface area (Å²) in [4.78, 5) is 23.9. The molecule has 0 radical (unpaired) electrons. The van der Waals surface area contributed by atoms with Gasteiger partial charge in [0, 0.05) is 42.3 Å². The van der Waals surface area contributed by atoms with Gasteiger partial charge in [0.1, 0.15) is 0 Å². The first kappa shape index (κ1) is 16.8. The highest BCUT2D eigenvalue weighted by Crippen LogP contribution is 2.22. The molecule has 1 saturated heterocycles. The molecule has 134 valence electrons. The normalized spacial score (nSPS) is 16.2. The minimum Gasteiger partial charge on any atom is -0.298 e. The molecule has 0 amide bonds. The summed E-state index contributed by atoms with van der Waals surface area (Å²) in [5, 5.41) is 6.22. The third-order valence-electron chi connectivity index (χ3n) is 5.17. The molecule has 0 saturated carbocycles. The number of pyridine rings is 2. The number of Topliss-reactive ketones (excluding diaryl/α,β-unsaturated/α-hetero) is 1. The lowest BCUT2D eigenvalue weighted by atomic mass is 10.1. The van der Waals surface area contributed by atoms with Gasteiger partial charge in [-0.15, -0.1) is 0 Å². The fourth-order valence-electron chi connectivity index (χ4n) is 3.55. The summed E-state index contributed by atoms with van der Waals surface area (Å²) in [6, 6.07) is 4.01. The smallest absolute Gasteiger partial charge is 0.155 e. The molecule has 3 aromatic rings. The van der Waals surface area contributed by atoms with Gasteiger partial charge in [-0.25, -0.2) is 0 Å². The predicted molar refractivity (Wildman–Crippen MR) is 101 cm³/mol. The molecule has 26 heavy (non-hydrogen) atoms. The van der Waals surface area contributed by atoms with Crippen LogP contribution in [0.5, 0.6) is 0 Å². The number of likely N-dealkylation sites (tertiary alicyclic amines) is 1. The number of rotatable bonds is 5. The summed E-state index contributed by atoms with van der Waals surface area (Å²) in [7, 11) is 1.89. The van der Waals surface area contributed by atoms with Crippen LogP contribution in [0.4, 0.5) is 0 Å². The van der Waals surface area contributed by atoms with Crippen molar-refractivity contribution in [1.29, 1.82) is 0 Å². The molecule has 0 N–H and O–H groups in total. The molecule has 3 aromatic heterocycles. The maximum atomic E-state index is 12.6. The van der Waals surface area contributed by atoms with Crippen LogP contribution in [-0.2, 0) is 18.3 Å². The quantitative estimate of drug-likeness (QED) is 0.708.